The molecule has 2 N–H and O–H groups in total. The zero-order valence-electron chi connectivity index (χ0n) is 10.0. The van der Waals surface area contributed by atoms with Crippen LogP contribution in [0.3, 0.4) is 0 Å². The summed E-state index contributed by atoms with van der Waals surface area (Å²) in [5, 5.41) is 11.6. The zero-order chi connectivity index (χ0) is 12.1. The van der Waals surface area contributed by atoms with Crippen LogP contribution in [0, 0.1) is 17.8 Å². The molecule has 2 atom stereocenters. The summed E-state index contributed by atoms with van der Waals surface area (Å²) < 4.78 is 0. The van der Waals surface area contributed by atoms with E-state index in [1.54, 1.807) is 0 Å². The maximum atomic E-state index is 11.6. The van der Waals surface area contributed by atoms with Crippen molar-refractivity contribution in [3.63, 3.8) is 0 Å². The molecule has 4 nitrogen and oxygen atoms in total. The Kier molecular flexibility index (Phi) is 4.77. The predicted molar refractivity (Wildman–Crippen MR) is 60.9 cm³/mol. The van der Waals surface area contributed by atoms with Crippen LogP contribution < -0.4 is 5.32 Å². The molecular weight excluding hydrogens is 206 g/mol. The minimum absolute atomic E-state index is 0.0811. The predicted octanol–water partition coefficient (Wildman–Crippen LogP) is 1.65. The van der Waals surface area contributed by atoms with Crippen LogP contribution in [-0.4, -0.2) is 23.5 Å². The van der Waals surface area contributed by atoms with Gasteiger partial charge in [0.25, 0.3) is 0 Å². The van der Waals surface area contributed by atoms with Crippen molar-refractivity contribution < 1.29 is 14.7 Å². The zero-order valence-corrected chi connectivity index (χ0v) is 10.0. The first kappa shape index (κ1) is 13.0. The number of aliphatic carboxylic acids is 1. The van der Waals surface area contributed by atoms with Gasteiger partial charge in [0, 0.05) is 6.54 Å². The Morgan fingerprint density at radius 2 is 1.94 bits per heavy atom. The second kappa shape index (κ2) is 5.87. The van der Waals surface area contributed by atoms with Gasteiger partial charge in [-0.2, -0.15) is 0 Å². The Bertz CT molecular complexity index is 263. The van der Waals surface area contributed by atoms with Gasteiger partial charge in [-0.25, -0.2) is 0 Å². The second-order valence-corrected chi connectivity index (χ2v) is 4.96. The summed E-state index contributed by atoms with van der Waals surface area (Å²) in [5.74, 6) is -1.02. The summed E-state index contributed by atoms with van der Waals surface area (Å²) >= 11 is 0. The van der Waals surface area contributed by atoms with Crippen LogP contribution in [0.4, 0.5) is 0 Å². The molecule has 0 heterocycles. The van der Waals surface area contributed by atoms with Crippen molar-refractivity contribution in [2.45, 2.75) is 39.5 Å². The van der Waals surface area contributed by atoms with Gasteiger partial charge in [0.05, 0.1) is 11.8 Å². The summed E-state index contributed by atoms with van der Waals surface area (Å²) in [6.45, 7) is 4.96. The minimum Gasteiger partial charge on any atom is -0.481 e. The van der Waals surface area contributed by atoms with Gasteiger partial charge in [0.2, 0.25) is 5.91 Å². The standard InChI is InChI=1S/C12H21NO3/c1-8(2)4-3-7-13-11(14)9-5-6-10(9)12(15)16/h8-10H,3-7H2,1-2H3,(H,13,14)(H,15,16). The normalized spacial score (nSPS) is 23.9. The lowest BCUT2D eigenvalue weighted by Crippen LogP contribution is -2.44. The van der Waals surface area contributed by atoms with Crippen LogP contribution in [0.5, 0.6) is 0 Å². The molecule has 0 saturated heterocycles. The van der Waals surface area contributed by atoms with Crippen molar-refractivity contribution in [2.24, 2.45) is 17.8 Å². The highest BCUT2D eigenvalue weighted by Gasteiger charge is 2.41. The fourth-order valence-corrected chi connectivity index (χ4v) is 1.96. The van der Waals surface area contributed by atoms with E-state index in [1.165, 1.54) is 0 Å². The third-order valence-corrected chi connectivity index (χ3v) is 3.19. The van der Waals surface area contributed by atoms with E-state index >= 15 is 0 Å². The van der Waals surface area contributed by atoms with Gasteiger partial charge < -0.3 is 10.4 Å². The number of hydrogen-bond acceptors (Lipinski definition) is 2. The van der Waals surface area contributed by atoms with Gasteiger partial charge in [0.15, 0.2) is 0 Å². The maximum absolute atomic E-state index is 11.6. The number of hydrogen-bond donors (Lipinski definition) is 2. The Morgan fingerprint density at radius 1 is 1.31 bits per heavy atom. The Morgan fingerprint density at radius 3 is 2.38 bits per heavy atom. The molecule has 1 aliphatic rings. The van der Waals surface area contributed by atoms with Gasteiger partial charge in [-0.3, -0.25) is 9.59 Å². The van der Waals surface area contributed by atoms with Crippen molar-refractivity contribution in [2.75, 3.05) is 6.54 Å². The topological polar surface area (TPSA) is 66.4 Å². The first-order valence-corrected chi connectivity index (χ1v) is 6.03. The first-order valence-electron chi connectivity index (χ1n) is 6.03. The molecule has 0 aromatic heterocycles. The van der Waals surface area contributed by atoms with Crippen molar-refractivity contribution in [3.05, 3.63) is 0 Å². The van der Waals surface area contributed by atoms with Gasteiger partial charge in [-0.15, -0.1) is 0 Å². The van der Waals surface area contributed by atoms with Crippen molar-refractivity contribution >= 4 is 11.9 Å². The number of carboxylic acids is 1. The van der Waals surface area contributed by atoms with Crippen molar-refractivity contribution in [1.82, 2.24) is 5.32 Å². The Balaban J connectivity index is 2.18. The highest BCUT2D eigenvalue weighted by Crippen LogP contribution is 2.34. The van der Waals surface area contributed by atoms with Gasteiger partial charge in [-0.05, 0) is 31.6 Å². The third-order valence-electron chi connectivity index (χ3n) is 3.19. The number of rotatable bonds is 6. The van der Waals surface area contributed by atoms with Crippen LogP contribution in [0.2, 0.25) is 0 Å². The smallest absolute Gasteiger partial charge is 0.307 e. The number of carboxylic acid groups (broad SMARTS) is 1. The van der Waals surface area contributed by atoms with Gasteiger partial charge in [-0.1, -0.05) is 13.8 Å². The Labute approximate surface area is 96.4 Å². The lowest BCUT2D eigenvalue weighted by atomic mass is 9.73. The lowest BCUT2D eigenvalue weighted by molar-refractivity contribution is -0.152. The van der Waals surface area contributed by atoms with E-state index in [4.69, 9.17) is 5.11 Å². The molecular formula is C12H21NO3. The molecule has 1 saturated carbocycles. The van der Waals surface area contributed by atoms with Gasteiger partial charge in [0.1, 0.15) is 0 Å². The quantitative estimate of drug-likeness (QED) is 0.678. The molecule has 1 amide bonds. The highest BCUT2D eigenvalue weighted by atomic mass is 16.4. The van der Waals surface area contributed by atoms with E-state index in [9.17, 15) is 9.59 Å². The molecule has 1 rings (SSSR count). The van der Waals surface area contributed by atoms with E-state index in [2.05, 4.69) is 19.2 Å². The summed E-state index contributed by atoms with van der Waals surface area (Å²) in [7, 11) is 0. The van der Waals surface area contributed by atoms with E-state index in [1.807, 2.05) is 0 Å². The maximum Gasteiger partial charge on any atom is 0.307 e. The summed E-state index contributed by atoms with van der Waals surface area (Å²) in [6, 6.07) is 0. The van der Waals surface area contributed by atoms with Crippen LogP contribution in [0.15, 0.2) is 0 Å². The summed E-state index contributed by atoms with van der Waals surface area (Å²) in [4.78, 5) is 22.3. The average Bonchev–Trinajstić information content (AvgIpc) is 2.09. The minimum atomic E-state index is -0.839. The molecule has 0 spiro atoms. The lowest BCUT2D eigenvalue weighted by Gasteiger charge is -2.31. The number of amides is 1. The molecule has 0 radical (unpaired) electrons. The molecule has 4 heteroatoms. The van der Waals surface area contributed by atoms with Crippen molar-refractivity contribution in [3.8, 4) is 0 Å². The summed E-state index contributed by atoms with van der Waals surface area (Å²) in [6.07, 6.45) is 3.41. The van der Waals surface area contributed by atoms with Crippen LogP contribution >= 0.6 is 0 Å². The van der Waals surface area contributed by atoms with Gasteiger partial charge >= 0.3 is 5.97 Å². The van der Waals surface area contributed by atoms with Crippen LogP contribution in [0.1, 0.15) is 39.5 Å². The van der Waals surface area contributed by atoms with E-state index < -0.39 is 11.9 Å². The molecule has 1 aliphatic carbocycles. The molecule has 92 valence electrons. The molecule has 1 fully saturated rings. The molecule has 0 bridgehead atoms. The highest BCUT2D eigenvalue weighted by molar-refractivity contribution is 5.86. The third kappa shape index (κ3) is 3.51. The number of carbonyl (C=O) groups is 2. The molecule has 0 aliphatic heterocycles. The molecule has 0 aromatic rings. The number of carbonyl (C=O) groups excluding carboxylic acids is 1. The molecule has 2 unspecified atom stereocenters. The van der Waals surface area contributed by atoms with E-state index in [-0.39, 0.29) is 11.8 Å². The number of nitrogens with one attached hydrogen (secondary N) is 1. The van der Waals surface area contributed by atoms with Crippen LogP contribution in [0.25, 0.3) is 0 Å². The Hall–Kier alpha value is -1.06. The fraction of sp³-hybridized carbons (Fsp3) is 0.833. The van der Waals surface area contributed by atoms with E-state index in [0.717, 1.165) is 12.8 Å². The summed E-state index contributed by atoms with van der Waals surface area (Å²) in [5.41, 5.74) is 0. The average molecular weight is 227 g/mol. The fourth-order valence-electron chi connectivity index (χ4n) is 1.96. The molecule has 16 heavy (non-hydrogen) atoms. The monoisotopic (exact) mass is 227 g/mol. The van der Waals surface area contributed by atoms with Crippen molar-refractivity contribution in [1.29, 1.82) is 0 Å². The first-order chi connectivity index (χ1) is 7.52. The van der Waals surface area contributed by atoms with Crippen LogP contribution in [-0.2, 0) is 9.59 Å². The second-order valence-electron chi connectivity index (χ2n) is 4.96. The SMILES string of the molecule is CC(C)CCCNC(=O)C1CCC1C(=O)O. The molecule has 0 aromatic carbocycles. The van der Waals surface area contributed by atoms with E-state index in [0.29, 0.717) is 25.3 Å². The largest absolute Gasteiger partial charge is 0.481 e.